The lowest BCUT2D eigenvalue weighted by Crippen LogP contribution is -2.21. The third-order valence-electron chi connectivity index (χ3n) is 3.59. The largest absolute Gasteiger partial charge is 0.308 e. The van der Waals surface area contributed by atoms with Gasteiger partial charge in [-0.3, -0.25) is 9.89 Å². The summed E-state index contributed by atoms with van der Waals surface area (Å²) in [5, 5.41) is 10.1. The molecular weight excluding hydrogens is 270 g/mol. The van der Waals surface area contributed by atoms with Gasteiger partial charge in [0.2, 0.25) is 5.91 Å². The minimum Gasteiger partial charge on any atom is -0.308 e. The Hall–Kier alpha value is -1.75. The highest BCUT2D eigenvalue weighted by Crippen LogP contribution is 2.44. The van der Waals surface area contributed by atoms with Gasteiger partial charge in [-0.15, -0.1) is 11.8 Å². The lowest BCUT2D eigenvalue weighted by molar-refractivity contribution is -0.115. The van der Waals surface area contributed by atoms with Crippen molar-refractivity contribution >= 4 is 23.5 Å². The van der Waals surface area contributed by atoms with Crippen LogP contribution >= 0.6 is 11.8 Å². The minimum absolute atomic E-state index is 0.0114. The van der Waals surface area contributed by atoms with E-state index < -0.39 is 0 Å². The maximum atomic E-state index is 12.0. The second-order valence-corrected chi connectivity index (χ2v) is 6.62. The zero-order chi connectivity index (χ0) is 14.3. The number of hydrogen-bond donors (Lipinski definition) is 2. The Balaban J connectivity index is 2.10. The monoisotopic (exact) mass is 287 g/mol. The number of carbonyl (C=O) groups excluding carboxylic acids is 1. The summed E-state index contributed by atoms with van der Waals surface area (Å²) in [6, 6.07) is 8.48. The van der Waals surface area contributed by atoms with Crippen molar-refractivity contribution in [3.63, 3.8) is 0 Å². The molecule has 1 amide bonds. The van der Waals surface area contributed by atoms with Gasteiger partial charge in [0.1, 0.15) is 0 Å². The number of anilines is 1. The number of rotatable bonds is 1. The molecule has 3 rings (SSSR count). The topological polar surface area (TPSA) is 57.8 Å². The normalized spacial score (nSPS) is 22.1. The first-order valence-corrected chi connectivity index (χ1v) is 7.58. The summed E-state index contributed by atoms with van der Waals surface area (Å²) < 4.78 is 0. The molecule has 2 heterocycles. The van der Waals surface area contributed by atoms with Crippen molar-refractivity contribution in [2.75, 3.05) is 5.32 Å². The third kappa shape index (κ3) is 2.22. The van der Waals surface area contributed by atoms with Gasteiger partial charge in [0.05, 0.1) is 10.5 Å². The van der Waals surface area contributed by atoms with Crippen LogP contribution in [0.5, 0.6) is 0 Å². The van der Waals surface area contributed by atoms with Gasteiger partial charge in [-0.25, -0.2) is 0 Å². The zero-order valence-electron chi connectivity index (χ0n) is 11.7. The van der Waals surface area contributed by atoms with E-state index in [0.29, 0.717) is 5.82 Å². The molecule has 0 spiro atoms. The Bertz CT molecular complexity index is 648. The molecule has 0 saturated carbocycles. The van der Waals surface area contributed by atoms with Crippen LogP contribution in [0.25, 0.3) is 0 Å². The van der Waals surface area contributed by atoms with Crippen molar-refractivity contribution in [3.8, 4) is 0 Å². The van der Waals surface area contributed by atoms with E-state index in [9.17, 15) is 4.79 Å². The SMILES string of the molecule is Cc1ccc([C@@H]2S[C@H](C)C(=O)Nc3n[nH]c(C)c32)cc1. The van der Waals surface area contributed by atoms with Gasteiger partial charge in [-0.05, 0) is 26.3 Å². The van der Waals surface area contributed by atoms with Crippen LogP contribution in [0.4, 0.5) is 5.82 Å². The van der Waals surface area contributed by atoms with Gasteiger partial charge in [0, 0.05) is 11.3 Å². The molecule has 0 radical (unpaired) electrons. The van der Waals surface area contributed by atoms with Crippen molar-refractivity contribution in [2.24, 2.45) is 0 Å². The van der Waals surface area contributed by atoms with Crippen LogP contribution < -0.4 is 5.32 Å². The van der Waals surface area contributed by atoms with E-state index in [1.54, 1.807) is 11.8 Å². The highest BCUT2D eigenvalue weighted by molar-refractivity contribution is 8.01. The summed E-state index contributed by atoms with van der Waals surface area (Å²) in [4.78, 5) is 12.0. The lowest BCUT2D eigenvalue weighted by atomic mass is 10.0. The highest BCUT2D eigenvalue weighted by Gasteiger charge is 2.31. The number of fused-ring (bicyclic) bond motifs is 1. The Kier molecular flexibility index (Phi) is 3.30. The predicted molar refractivity (Wildman–Crippen MR) is 82.0 cm³/mol. The molecule has 1 aromatic carbocycles. The molecule has 0 fully saturated rings. The van der Waals surface area contributed by atoms with E-state index in [4.69, 9.17) is 0 Å². The van der Waals surface area contributed by atoms with Crippen molar-refractivity contribution in [1.29, 1.82) is 0 Å². The number of aryl methyl sites for hydroxylation is 2. The minimum atomic E-state index is -0.102. The molecule has 0 aliphatic carbocycles. The highest BCUT2D eigenvalue weighted by atomic mass is 32.2. The molecule has 0 unspecified atom stereocenters. The first kappa shape index (κ1) is 13.2. The molecule has 20 heavy (non-hydrogen) atoms. The fourth-order valence-electron chi connectivity index (χ4n) is 2.39. The average Bonchev–Trinajstić information content (AvgIpc) is 2.71. The molecule has 2 aromatic rings. The molecule has 2 atom stereocenters. The fraction of sp³-hybridized carbons (Fsp3) is 0.333. The van der Waals surface area contributed by atoms with Gasteiger partial charge in [-0.2, -0.15) is 5.10 Å². The van der Waals surface area contributed by atoms with Gasteiger partial charge in [-0.1, -0.05) is 29.8 Å². The molecule has 4 nitrogen and oxygen atoms in total. The molecule has 2 N–H and O–H groups in total. The fourth-order valence-corrected chi connectivity index (χ4v) is 3.72. The van der Waals surface area contributed by atoms with Crippen LogP contribution in [0.15, 0.2) is 24.3 Å². The quantitative estimate of drug-likeness (QED) is 0.847. The van der Waals surface area contributed by atoms with Crippen molar-refractivity contribution in [3.05, 3.63) is 46.6 Å². The van der Waals surface area contributed by atoms with E-state index in [-0.39, 0.29) is 16.4 Å². The first-order chi connectivity index (χ1) is 9.56. The number of nitrogens with one attached hydrogen (secondary N) is 2. The van der Waals surface area contributed by atoms with Gasteiger partial charge in [0.25, 0.3) is 0 Å². The second-order valence-electron chi connectivity index (χ2n) is 5.17. The molecule has 5 heteroatoms. The predicted octanol–water partition coefficient (Wildman–Crippen LogP) is 3.19. The molecule has 104 valence electrons. The van der Waals surface area contributed by atoms with Crippen LogP contribution in [0.3, 0.4) is 0 Å². The maximum absolute atomic E-state index is 12.0. The van der Waals surface area contributed by atoms with E-state index in [2.05, 4.69) is 46.7 Å². The first-order valence-electron chi connectivity index (χ1n) is 6.64. The molecule has 1 aliphatic rings. The Labute approximate surface area is 122 Å². The summed E-state index contributed by atoms with van der Waals surface area (Å²) in [7, 11) is 0. The van der Waals surface area contributed by atoms with Crippen molar-refractivity contribution in [2.45, 2.75) is 31.3 Å². The van der Waals surface area contributed by atoms with E-state index in [1.165, 1.54) is 11.1 Å². The summed E-state index contributed by atoms with van der Waals surface area (Å²) in [6.07, 6.45) is 0. The Morgan fingerprint density at radius 2 is 1.90 bits per heavy atom. The number of nitrogens with zero attached hydrogens (tertiary/aromatic N) is 1. The molecule has 0 bridgehead atoms. The molecule has 1 aliphatic heterocycles. The number of benzene rings is 1. The molecule has 1 aromatic heterocycles. The molecular formula is C15H17N3OS. The Morgan fingerprint density at radius 3 is 2.60 bits per heavy atom. The number of aromatic nitrogens is 2. The van der Waals surface area contributed by atoms with Crippen LogP contribution in [0, 0.1) is 13.8 Å². The number of amides is 1. The number of aromatic amines is 1. The Morgan fingerprint density at radius 1 is 1.20 bits per heavy atom. The van der Waals surface area contributed by atoms with E-state index in [1.807, 2.05) is 13.8 Å². The second kappa shape index (κ2) is 4.98. The van der Waals surface area contributed by atoms with Gasteiger partial charge >= 0.3 is 0 Å². The van der Waals surface area contributed by atoms with Gasteiger partial charge < -0.3 is 5.32 Å². The molecule has 0 saturated heterocycles. The number of hydrogen-bond acceptors (Lipinski definition) is 3. The average molecular weight is 287 g/mol. The van der Waals surface area contributed by atoms with Crippen LogP contribution in [-0.4, -0.2) is 21.4 Å². The summed E-state index contributed by atoms with van der Waals surface area (Å²) in [5.74, 6) is 0.673. The number of H-pyrrole nitrogens is 1. The van der Waals surface area contributed by atoms with Crippen LogP contribution in [-0.2, 0) is 4.79 Å². The third-order valence-corrected chi connectivity index (χ3v) is 4.99. The summed E-state index contributed by atoms with van der Waals surface area (Å²) in [5.41, 5.74) is 4.53. The van der Waals surface area contributed by atoms with Crippen LogP contribution in [0.1, 0.15) is 34.6 Å². The van der Waals surface area contributed by atoms with Crippen molar-refractivity contribution in [1.82, 2.24) is 10.2 Å². The lowest BCUT2D eigenvalue weighted by Gasteiger charge is -2.17. The van der Waals surface area contributed by atoms with Crippen molar-refractivity contribution < 1.29 is 4.79 Å². The summed E-state index contributed by atoms with van der Waals surface area (Å²) >= 11 is 1.66. The maximum Gasteiger partial charge on any atom is 0.238 e. The number of carbonyl (C=O) groups is 1. The zero-order valence-corrected chi connectivity index (χ0v) is 12.5. The summed E-state index contributed by atoms with van der Waals surface area (Å²) in [6.45, 7) is 6.01. The van der Waals surface area contributed by atoms with Gasteiger partial charge in [0.15, 0.2) is 5.82 Å². The van der Waals surface area contributed by atoms with E-state index in [0.717, 1.165) is 11.3 Å². The van der Waals surface area contributed by atoms with E-state index >= 15 is 0 Å². The standard InChI is InChI=1S/C15H17N3OS/c1-8-4-6-11(7-5-8)13-12-9(2)17-18-14(12)16-15(19)10(3)20-13/h4-7,10,13H,1-3H3,(H2,16,17,18,19)/t10-,13+/m1/s1. The smallest absolute Gasteiger partial charge is 0.238 e. The number of thioether (sulfide) groups is 1. The van der Waals surface area contributed by atoms with Crippen LogP contribution in [0.2, 0.25) is 0 Å².